The van der Waals surface area contributed by atoms with Gasteiger partial charge < -0.3 is 25.4 Å². The average Bonchev–Trinajstić information content (AvgIpc) is 2.68. The highest BCUT2D eigenvalue weighted by Gasteiger charge is 2.29. The summed E-state index contributed by atoms with van der Waals surface area (Å²) in [4.78, 5) is 20.6. The van der Waals surface area contributed by atoms with Crippen LogP contribution in [0.2, 0.25) is 0 Å². The molecule has 2 aromatic rings. The van der Waals surface area contributed by atoms with Crippen molar-refractivity contribution in [2.24, 2.45) is 4.99 Å². The first-order valence-electron chi connectivity index (χ1n) is 8.26. The molecule has 27 heavy (non-hydrogen) atoms. The normalized spacial score (nSPS) is 12.1. The number of benzene rings is 1. The molecular formula is C19H21N5O3. The van der Waals surface area contributed by atoms with Crippen LogP contribution in [0.4, 0.5) is 11.4 Å². The zero-order valence-corrected chi connectivity index (χ0v) is 15.6. The number of fused-ring (bicyclic) bond motifs is 2. The highest BCUT2D eigenvalue weighted by atomic mass is 16.5. The molecule has 1 aliphatic rings. The average molecular weight is 367 g/mol. The van der Waals surface area contributed by atoms with Crippen molar-refractivity contribution >= 4 is 29.7 Å². The molecule has 0 atom stereocenters. The summed E-state index contributed by atoms with van der Waals surface area (Å²) in [6, 6.07) is 3.78. The smallest absolute Gasteiger partial charge is 0.254 e. The number of carbonyl (C=O) groups excluding carboxylic acids is 1. The third kappa shape index (κ3) is 3.17. The second-order valence-corrected chi connectivity index (χ2v) is 5.85. The standard InChI is InChI=1S/C19H21N5O3/c1-10-6-13(26-5)17-14(7-10)27-18-15(24-17)11(19(25)22-4)8-23-16(18)12(21-3)9-20-2/h6-9,21,24H,2H2,1,3-5H3,(H,22,25)/b12-9-. The Morgan fingerprint density at radius 2 is 2.11 bits per heavy atom. The predicted molar refractivity (Wildman–Crippen MR) is 105 cm³/mol. The Hall–Kier alpha value is -3.55. The number of ether oxygens (including phenoxy) is 2. The Balaban J connectivity index is 2.25. The Labute approximate surface area is 157 Å². The molecule has 2 heterocycles. The van der Waals surface area contributed by atoms with Crippen LogP contribution in [0.25, 0.3) is 5.70 Å². The van der Waals surface area contributed by atoms with Crippen LogP contribution in [0.3, 0.4) is 0 Å². The Morgan fingerprint density at radius 1 is 1.33 bits per heavy atom. The van der Waals surface area contributed by atoms with E-state index in [1.165, 1.54) is 12.4 Å². The second-order valence-electron chi connectivity index (χ2n) is 5.85. The van der Waals surface area contributed by atoms with Crippen molar-refractivity contribution in [3.63, 3.8) is 0 Å². The molecule has 1 aliphatic heterocycles. The summed E-state index contributed by atoms with van der Waals surface area (Å²) in [5.74, 6) is 1.33. The van der Waals surface area contributed by atoms with Crippen molar-refractivity contribution < 1.29 is 14.3 Å². The third-order valence-corrected chi connectivity index (χ3v) is 4.14. The minimum absolute atomic E-state index is 0.284. The number of hydrogen-bond donors (Lipinski definition) is 3. The molecule has 1 aromatic carbocycles. The number of aliphatic imine (C=N–C) groups is 1. The van der Waals surface area contributed by atoms with Crippen LogP contribution in [0.5, 0.6) is 17.2 Å². The number of carbonyl (C=O) groups is 1. The van der Waals surface area contributed by atoms with E-state index in [0.717, 1.165) is 5.56 Å². The van der Waals surface area contributed by atoms with Gasteiger partial charge in [-0.25, -0.2) is 4.98 Å². The summed E-state index contributed by atoms with van der Waals surface area (Å²) < 4.78 is 11.6. The number of hydrogen-bond acceptors (Lipinski definition) is 7. The number of aryl methyl sites for hydroxylation is 1. The van der Waals surface area contributed by atoms with Gasteiger partial charge in [0.2, 0.25) is 0 Å². The van der Waals surface area contributed by atoms with Crippen molar-refractivity contribution in [1.29, 1.82) is 0 Å². The van der Waals surface area contributed by atoms with Crippen molar-refractivity contribution in [3.8, 4) is 17.2 Å². The van der Waals surface area contributed by atoms with E-state index in [1.807, 2.05) is 19.1 Å². The number of nitrogens with zero attached hydrogens (tertiary/aromatic N) is 2. The molecule has 0 unspecified atom stereocenters. The molecule has 3 N–H and O–H groups in total. The fraction of sp³-hybridized carbons (Fsp3) is 0.211. The van der Waals surface area contributed by atoms with Gasteiger partial charge >= 0.3 is 0 Å². The van der Waals surface area contributed by atoms with Gasteiger partial charge in [-0.05, 0) is 31.3 Å². The molecule has 0 saturated heterocycles. The zero-order valence-electron chi connectivity index (χ0n) is 15.6. The van der Waals surface area contributed by atoms with Gasteiger partial charge in [0.05, 0.1) is 30.3 Å². The molecule has 1 amide bonds. The van der Waals surface area contributed by atoms with Gasteiger partial charge in [0.25, 0.3) is 5.91 Å². The monoisotopic (exact) mass is 367 g/mol. The lowest BCUT2D eigenvalue weighted by molar-refractivity contribution is 0.0963. The van der Waals surface area contributed by atoms with Gasteiger partial charge in [0.15, 0.2) is 11.5 Å². The van der Waals surface area contributed by atoms with E-state index >= 15 is 0 Å². The molecule has 0 fully saturated rings. The highest BCUT2D eigenvalue weighted by Crippen LogP contribution is 2.49. The van der Waals surface area contributed by atoms with E-state index in [2.05, 4.69) is 32.6 Å². The van der Waals surface area contributed by atoms with Crippen LogP contribution in [0.15, 0.2) is 29.5 Å². The van der Waals surface area contributed by atoms with E-state index in [4.69, 9.17) is 9.47 Å². The summed E-state index contributed by atoms with van der Waals surface area (Å²) >= 11 is 0. The van der Waals surface area contributed by atoms with Crippen molar-refractivity contribution in [3.05, 3.63) is 41.4 Å². The topological polar surface area (TPSA) is 96.9 Å². The largest absolute Gasteiger partial charge is 0.494 e. The summed E-state index contributed by atoms with van der Waals surface area (Å²) in [6.07, 6.45) is 3.03. The van der Waals surface area contributed by atoms with Crippen LogP contribution in [-0.4, -0.2) is 38.8 Å². The van der Waals surface area contributed by atoms with E-state index in [-0.39, 0.29) is 5.91 Å². The molecular weight excluding hydrogens is 346 g/mol. The summed E-state index contributed by atoms with van der Waals surface area (Å²) in [7, 11) is 4.89. The van der Waals surface area contributed by atoms with Crippen molar-refractivity contribution in [2.75, 3.05) is 26.5 Å². The molecule has 0 radical (unpaired) electrons. The Kier molecular flexibility index (Phi) is 4.98. The molecule has 8 heteroatoms. The first-order chi connectivity index (χ1) is 13.0. The maximum Gasteiger partial charge on any atom is 0.254 e. The minimum Gasteiger partial charge on any atom is -0.494 e. The lowest BCUT2D eigenvalue weighted by atomic mass is 10.1. The van der Waals surface area contributed by atoms with Crippen LogP contribution in [0, 0.1) is 6.92 Å². The van der Waals surface area contributed by atoms with Gasteiger partial charge in [-0.15, -0.1) is 0 Å². The van der Waals surface area contributed by atoms with Gasteiger partial charge in [-0.2, -0.15) is 0 Å². The van der Waals surface area contributed by atoms with E-state index in [1.54, 1.807) is 21.2 Å². The third-order valence-electron chi connectivity index (χ3n) is 4.14. The van der Waals surface area contributed by atoms with E-state index in [0.29, 0.717) is 45.6 Å². The number of nitrogens with one attached hydrogen (secondary N) is 3. The first kappa shape index (κ1) is 18.2. The fourth-order valence-corrected chi connectivity index (χ4v) is 2.87. The number of aromatic nitrogens is 1. The van der Waals surface area contributed by atoms with E-state index < -0.39 is 0 Å². The number of pyridine rings is 1. The molecule has 0 spiro atoms. The quantitative estimate of drug-likeness (QED) is 0.600. The summed E-state index contributed by atoms with van der Waals surface area (Å²) in [6.45, 7) is 5.43. The lowest BCUT2D eigenvalue weighted by Crippen LogP contribution is -2.22. The number of rotatable bonds is 5. The van der Waals surface area contributed by atoms with E-state index in [9.17, 15) is 4.79 Å². The van der Waals surface area contributed by atoms with Crippen LogP contribution in [0.1, 0.15) is 21.6 Å². The van der Waals surface area contributed by atoms with Crippen molar-refractivity contribution in [2.45, 2.75) is 6.92 Å². The maximum atomic E-state index is 12.3. The van der Waals surface area contributed by atoms with Gasteiger partial charge in [0, 0.05) is 20.3 Å². The Bertz CT molecular complexity index is 953. The molecule has 3 rings (SSSR count). The molecule has 8 nitrogen and oxygen atoms in total. The van der Waals surface area contributed by atoms with Crippen LogP contribution < -0.4 is 25.4 Å². The molecule has 0 aliphatic carbocycles. The van der Waals surface area contributed by atoms with Gasteiger partial charge in [0.1, 0.15) is 17.1 Å². The maximum absolute atomic E-state index is 12.3. The molecule has 1 aromatic heterocycles. The SMILES string of the molecule is C=N/C=C(\NC)c1ncc(C(=O)NC)c2c1Oc1cc(C)cc(OC)c1N2. The predicted octanol–water partition coefficient (Wildman–Crippen LogP) is 2.83. The Morgan fingerprint density at radius 3 is 2.74 bits per heavy atom. The number of amides is 1. The van der Waals surface area contributed by atoms with Gasteiger partial charge in [-0.3, -0.25) is 9.79 Å². The first-order valence-corrected chi connectivity index (χ1v) is 8.26. The molecule has 140 valence electrons. The van der Waals surface area contributed by atoms with Crippen molar-refractivity contribution in [1.82, 2.24) is 15.6 Å². The molecule has 0 bridgehead atoms. The summed E-state index contributed by atoms with van der Waals surface area (Å²) in [5, 5.41) is 8.92. The fourth-order valence-electron chi connectivity index (χ4n) is 2.87. The minimum atomic E-state index is -0.284. The number of anilines is 2. The highest BCUT2D eigenvalue weighted by molar-refractivity contribution is 6.03. The van der Waals surface area contributed by atoms with Gasteiger partial charge in [-0.1, -0.05) is 0 Å². The molecule has 0 saturated carbocycles. The van der Waals surface area contributed by atoms with Crippen LogP contribution >= 0.6 is 0 Å². The number of methoxy groups -OCH3 is 1. The zero-order chi connectivity index (χ0) is 19.6. The lowest BCUT2D eigenvalue weighted by Gasteiger charge is -2.27. The van der Waals surface area contributed by atoms with Crippen LogP contribution in [-0.2, 0) is 0 Å². The summed E-state index contributed by atoms with van der Waals surface area (Å²) in [5.41, 5.74) is 3.59. The second kappa shape index (κ2) is 7.36.